The molecule has 0 aliphatic heterocycles. The summed E-state index contributed by atoms with van der Waals surface area (Å²) >= 11 is 3.20. The summed E-state index contributed by atoms with van der Waals surface area (Å²) in [5, 5.41) is 20.9. The van der Waals surface area contributed by atoms with Gasteiger partial charge < -0.3 is 14.6 Å². The third-order valence-electron chi connectivity index (χ3n) is 2.83. The van der Waals surface area contributed by atoms with E-state index >= 15 is 0 Å². The van der Waals surface area contributed by atoms with Crippen molar-refractivity contribution < 1.29 is 19.5 Å². The lowest BCUT2D eigenvalue weighted by Gasteiger charge is -2.14. The number of hydrogen-bond acceptors (Lipinski definition) is 5. The highest BCUT2D eigenvalue weighted by atomic mass is 79.9. The second kappa shape index (κ2) is 8.96. The smallest absolute Gasteiger partial charge is 0.312 e. The minimum Gasteiger partial charge on any atom is -0.484 e. The van der Waals surface area contributed by atoms with Crippen molar-refractivity contribution >= 4 is 21.6 Å². The zero-order valence-electron chi connectivity index (χ0n) is 12.2. The highest BCUT2D eigenvalue weighted by molar-refractivity contribution is 9.10. The normalized spacial score (nSPS) is 12.2. The van der Waals surface area contributed by atoms with Crippen LogP contribution in [0.3, 0.4) is 0 Å². The molecule has 0 aromatic heterocycles. The Kier molecular flexibility index (Phi) is 7.63. The van der Waals surface area contributed by atoms with Gasteiger partial charge in [-0.05, 0) is 19.4 Å². The Morgan fingerprint density at radius 3 is 2.67 bits per heavy atom. The van der Waals surface area contributed by atoms with Gasteiger partial charge >= 0.3 is 5.69 Å². The molecule has 21 heavy (non-hydrogen) atoms. The van der Waals surface area contributed by atoms with Crippen LogP contribution in [0.4, 0.5) is 5.69 Å². The number of halogens is 1. The number of ether oxygens (including phenoxy) is 2. The molecule has 0 amide bonds. The molecular weight excluding hydrogens is 342 g/mol. The molecule has 1 atom stereocenters. The van der Waals surface area contributed by atoms with Crippen molar-refractivity contribution in [3.8, 4) is 5.75 Å². The Morgan fingerprint density at radius 1 is 1.38 bits per heavy atom. The molecule has 0 saturated heterocycles. The summed E-state index contributed by atoms with van der Waals surface area (Å²) in [5.41, 5.74) is 0.207. The van der Waals surface area contributed by atoms with Crippen LogP contribution < -0.4 is 4.74 Å². The molecule has 7 heteroatoms. The van der Waals surface area contributed by atoms with Crippen LogP contribution in [0.15, 0.2) is 16.6 Å². The van der Waals surface area contributed by atoms with E-state index < -0.39 is 11.0 Å². The molecule has 0 spiro atoms. The van der Waals surface area contributed by atoms with E-state index in [2.05, 4.69) is 22.9 Å². The predicted molar refractivity (Wildman–Crippen MR) is 82.7 cm³/mol. The van der Waals surface area contributed by atoms with E-state index in [1.807, 2.05) is 0 Å². The number of unbranched alkanes of at least 4 members (excludes halogenated alkanes) is 1. The molecule has 1 N–H and O–H groups in total. The Hall–Kier alpha value is -1.18. The Morgan fingerprint density at radius 2 is 2.10 bits per heavy atom. The SMILES string of the molecule is CCCCOCCOc1c([C@H](C)O)cc(Br)cc1[N+](=O)[O-]. The van der Waals surface area contributed by atoms with E-state index in [1.165, 1.54) is 13.0 Å². The molecule has 0 radical (unpaired) electrons. The summed E-state index contributed by atoms with van der Waals surface area (Å²) in [6.07, 6.45) is 1.15. The highest BCUT2D eigenvalue weighted by Crippen LogP contribution is 2.37. The average molecular weight is 362 g/mol. The monoisotopic (exact) mass is 361 g/mol. The van der Waals surface area contributed by atoms with Crippen molar-refractivity contribution in [2.75, 3.05) is 19.8 Å². The predicted octanol–water partition coefficient (Wildman–Crippen LogP) is 3.61. The van der Waals surface area contributed by atoms with Crippen LogP contribution in [0.25, 0.3) is 0 Å². The molecule has 6 nitrogen and oxygen atoms in total. The molecular formula is C14H20BrNO5. The largest absolute Gasteiger partial charge is 0.484 e. The lowest BCUT2D eigenvalue weighted by molar-refractivity contribution is -0.386. The average Bonchev–Trinajstić information content (AvgIpc) is 2.42. The van der Waals surface area contributed by atoms with Crippen LogP contribution in [0, 0.1) is 10.1 Å². The quantitative estimate of drug-likeness (QED) is 0.412. The van der Waals surface area contributed by atoms with Crippen LogP contribution in [-0.2, 0) is 4.74 Å². The lowest BCUT2D eigenvalue weighted by Crippen LogP contribution is -2.10. The van der Waals surface area contributed by atoms with Gasteiger partial charge in [0.2, 0.25) is 5.75 Å². The second-order valence-electron chi connectivity index (χ2n) is 4.59. The third kappa shape index (κ3) is 5.61. The van der Waals surface area contributed by atoms with Gasteiger partial charge in [-0.3, -0.25) is 10.1 Å². The van der Waals surface area contributed by atoms with E-state index in [4.69, 9.17) is 9.47 Å². The number of hydrogen-bond donors (Lipinski definition) is 1. The summed E-state index contributed by atoms with van der Waals surface area (Å²) in [5.74, 6) is 0.0947. The van der Waals surface area contributed by atoms with Gasteiger partial charge in [0, 0.05) is 22.7 Å². The summed E-state index contributed by atoms with van der Waals surface area (Å²) in [6, 6.07) is 2.98. The van der Waals surface area contributed by atoms with Crippen LogP contribution in [0.1, 0.15) is 38.4 Å². The van der Waals surface area contributed by atoms with Gasteiger partial charge in [-0.2, -0.15) is 0 Å². The van der Waals surface area contributed by atoms with Crippen molar-refractivity contribution in [2.24, 2.45) is 0 Å². The minimum atomic E-state index is -0.864. The fourth-order valence-electron chi connectivity index (χ4n) is 1.75. The molecule has 0 aliphatic rings. The molecule has 0 bridgehead atoms. The Balaban J connectivity index is 2.80. The maximum absolute atomic E-state index is 11.1. The van der Waals surface area contributed by atoms with Crippen molar-refractivity contribution in [1.29, 1.82) is 0 Å². The number of rotatable bonds is 9. The van der Waals surface area contributed by atoms with Gasteiger partial charge in [0.05, 0.1) is 17.6 Å². The molecule has 0 heterocycles. The maximum atomic E-state index is 11.1. The van der Waals surface area contributed by atoms with E-state index in [-0.39, 0.29) is 18.0 Å². The zero-order chi connectivity index (χ0) is 15.8. The third-order valence-corrected chi connectivity index (χ3v) is 3.28. The van der Waals surface area contributed by atoms with Crippen molar-refractivity contribution in [1.82, 2.24) is 0 Å². The summed E-state index contributed by atoms with van der Waals surface area (Å²) < 4.78 is 11.4. The number of benzene rings is 1. The standard InChI is InChI=1S/C14H20BrNO5/c1-3-4-5-20-6-7-21-14-12(10(2)17)8-11(15)9-13(14)16(18)19/h8-10,17H,3-7H2,1-2H3/t10-/m0/s1. The maximum Gasteiger partial charge on any atom is 0.312 e. The van der Waals surface area contributed by atoms with Gasteiger partial charge in [-0.1, -0.05) is 29.3 Å². The van der Waals surface area contributed by atoms with Crippen LogP contribution in [0.5, 0.6) is 5.75 Å². The van der Waals surface area contributed by atoms with Crippen molar-refractivity contribution in [2.45, 2.75) is 32.8 Å². The summed E-state index contributed by atoms with van der Waals surface area (Å²) in [4.78, 5) is 10.6. The van der Waals surface area contributed by atoms with Crippen molar-refractivity contribution in [3.63, 3.8) is 0 Å². The molecule has 0 unspecified atom stereocenters. The molecule has 0 fully saturated rings. The number of nitro benzene ring substituents is 1. The number of aliphatic hydroxyl groups excluding tert-OH is 1. The van der Waals surface area contributed by atoms with Gasteiger partial charge in [-0.15, -0.1) is 0 Å². The van der Waals surface area contributed by atoms with Gasteiger partial charge in [0.1, 0.15) is 6.61 Å². The van der Waals surface area contributed by atoms with Crippen LogP contribution in [0.2, 0.25) is 0 Å². The van der Waals surface area contributed by atoms with Gasteiger partial charge in [-0.25, -0.2) is 0 Å². The second-order valence-corrected chi connectivity index (χ2v) is 5.51. The number of nitrogens with zero attached hydrogens (tertiary/aromatic N) is 1. The number of nitro groups is 1. The first-order chi connectivity index (χ1) is 9.97. The first-order valence-electron chi connectivity index (χ1n) is 6.83. The minimum absolute atomic E-state index is 0.0947. The zero-order valence-corrected chi connectivity index (χ0v) is 13.8. The Bertz CT molecular complexity index is 479. The molecule has 0 saturated carbocycles. The van der Waals surface area contributed by atoms with Crippen LogP contribution >= 0.6 is 15.9 Å². The van der Waals surface area contributed by atoms with E-state index in [0.717, 1.165) is 12.8 Å². The lowest BCUT2D eigenvalue weighted by atomic mass is 10.1. The topological polar surface area (TPSA) is 81.8 Å². The molecule has 0 aliphatic carbocycles. The fraction of sp³-hybridized carbons (Fsp3) is 0.571. The van der Waals surface area contributed by atoms with Gasteiger partial charge in [0.25, 0.3) is 0 Å². The number of aliphatic hydroxyl groups is 1. The van der Waals surface area contributed by atoms with E-state index in [1.54, 1.807) is 6.07 Å². The van der Waals surface area contributed by atoms with Gasteiger partial charge in [0.15, 0.2) is 0 Å². The summed E-state index contributed by atoms with van der Waals surface area (Å²) in [6.45, 7) is 4.81. The van der Waals surface area contributed by atoms with E-state index in [0.29, 0.717) is 23.2 Å². The summed E-state index contributed by atoms with van der Waals surface area (Å²) in [7, 11) is 0. The molecule has 1 aromatic carbocycles. The van der Waals surface area contributed by atoms with Crippen LogP contribution in [-0.4, -0.2) is 29.9 Å². The first kappa shape index (κ1) is 17.9. The molecule has 118 valence electrons. The fourth-order valence-corrected chi connectivity index (χ4v) is 2.22. The van der Waals surface area contributed by atoms with Crippen molar-refractivity contribution in [3.05, 3.63) is 32.3 Å². The first-order valence-corrected chi connectivity index (χ1v) is 7.63. The highest BCUT2D eigenvalue weighted by Gasteiger charge is 2.23. The molecule has 1 aromatic rings. The van der Waals surface area contributed by atoms with E-state index in [9.17, 15) is 15.2 Å². The Labute approximate surface area is 132 Å². The molecule has 1 rings (SSSR count).